The van der Waals surface area contributed by atoms with Gasteiger partial charge in [-0.1, -0.05) is 38.5 Å². The summed E-state index contributed by atoms with van der Waals surface area (Å²) < 4.78 is 2.18. The van der Waals surface area contributed by atoms with Gasteiger partial charge in [-0.3, -0.25) is 14.3 Å². The van der Waals surface area contributed by atoms with Crippen LogP contribution in [-0.2, 0) is 4.79 Å². The Bertz CT molecular complexity index is 742. The second kappa shape index (κ2) is 9.35. The molecule has 3 rings (SSSR count). The Morgan fingerprint density at radius 3 is 2.63 bits per heavy atom. The molecular formula is C20H29N5OS. The first-order valence-corrected chi connectivity index (χ1v) is 10.8. The maximum atomic E-state index is 12.3. The third kappa shape index (κ3) is 5.79. The summed E-state index contributed by atoms with van der Waals surface area (Å²) in [6, 6.07) is 4.56. The predicted molar refractivity (Wildman–Crippen MR) is 109 cm³/mol. The molecular weight excluding hydrogens is 358 g/mol. The molecule has 1 fully saturated rings. The molecule has 1 aliphatic rings. The summed E-state index contributed by atoms with van der Waals surface area (Å²) in [5, 5.41) is 12.7. The Kier molecular flexibility index (Phi) is 6.88. The standard InChI is InChI=1S/C20H29N5OS/c1-14(2)5-4-6-15(3)22-18(26)13-27-20-24-23-19(25(20)17-7-8-17)16-9-11-21-12-10-16/h9-12,14-15,17H,4-8,13H2,1-3H3,(H,22,26)/t15-/m1/s1. The van der Waals surface area contributed by atoms with Crippen LogP contribution in [0.15, 0.2) is 29.7 Å². The van der Waals surface area contributed by atoms with Crippen LogP contribution < -0.4 is 5.32 Å². The van der Waals surface area contributed by atoms with Gasteiger partial charge < -0.3 is 5.32 Å². The highest BCUT2D eigenvalue weighted by Gasteiger charge is 2.30. The SMILES string of the molecule is CC(C)CCC[C@@H](C)NC(=O)CSc1nnc(-c2ccncc2)n1C1CC1. The van der Waals surface area contributed by atoms with Gasteiger partial charge >= 0.3 is 0 Å². The van der Waals surface area contributed by atoms with Gasteiger partial charge in [-0.15, -0.1) is 10.2 Å². The van der Waals surface area contributed by atoms with Crippen molar-refractivity contribution in [3.05, 3.63) is 24.5 Å². The molecule has 1 N–H and O–H groups in total. The number of nitrogens with one attached hydrogen (secondary N) is 1. The Labute approximate surface area is 165 Å². The number of aromatic nitrogens is 4. The van der Waals surface area contributed by atoms with E-state index >= 15 is 0 Å². The zero-order valence-electron chi connectivity index (χ0n) is 16.4. The molecule has 27 heavy (non-hydrogen) atoms. The van der Waals surface area contributed by atoms with Crippen molar-refractivity contribution in [3.63, 3.8) is 0 Å². The van der Waals surface area contributed by atoms with E-state index in [4.69, 9.17) is 0 Å². The van der Waals surface area contributed by atoms with E-state index < -0.39 is 0 Å². The zero-order chi connectivity index (χ0) is 19.2. The largest absolute Gasteiger partial charge is 0.353 e. The summed E-state index contributed by atoms with van der Waals surface area (Å²) in [6.45, 7) is 6.55. The average Bonchev–Trinajstić information content (AvgIpc) is 3.39. The topological polar surface area (TPSA) is 72.7 Å². The Morgan fingerprint density at radius 2 is 1.96 bits per heavy atom. The van der Waals surface area contributed by atoms with E-state index in [1.165, 1.54) is 18.2 Å². The lowest BCUT2D eigenvalue weighted by molar-refractivity contribution is -0.119. The van der Waals surface area contributed by atoms with Crippen LogP contribution in [-0.4, -0.2) is 37.5 Å². The maximum absolute atomic E-state index is 12.3. The smallest absolute Gasteiger partial charge is 0.230 e. The number of rotatable bonds is 10. The van der Waals surface area contributed by atoms with Crippen LogP contribution >= 0.6 is 11.8 Å². The van der Waals surface area contributed by atoms with Crippen molar-refractivity contribution in [1.82, 2.24) is 25.1 Å². The fourth-order valence-corrected chi connectivity index (χ4v) is 3.90. The number of hydrogen-bond donors (Lipinski definition) is 1. The zero-order valence-corrected chi connectivity index (χ0v) is 17.2. The highest BCUT2D eigenvalue weighted by Crippen LogP contribution is 2.40. The van der Waals surface area contributed by atoms with Gasteiger partial charge in [0.1, 0.15) is 0 Å². The highest BCUT2D eigenvalue weighted by atomic mass is 32.2. The van der Waals surface area contributed by atoms with E-state index in [1.807, 2.05) is 12.1 Å². The molecule has 0 bridgehead atoms. The minimum Gasteiger partial charge on any atom is -0.353 e. The number of amides is 1. The van der Waals surface area contributed by atoms with Crippen LogP contribution in [0.5, 0.6) is 0 Å². The number of carbonyl (C=O) groups excluding carboxylic acids is 1. The molecule has 1 atom stereocenters. The lowest BCUT2D eigenvalue weighted by Gasteiger charge is -2.14. The van der Waals surface area contributed by atoms with Crippen molar-refractivity contribution in [2.24, 2.45) is 5.92 Å². The molecule has 0 radical (unpaired) electrons. The Morgan fingerprint density at radius 1 is 1.22 bits per heavy atom. The van der Waals surface area contributed by atoms with Crippen LogP contribution in [0, 0.1) is 5.92 Å². The Balaban J connectivity index is 1.55. The van der Waals surface area contributed by atoms with Crippen LogP contribution in [0.1, 0.15) is 58.9 Å². The van der Waals surface area contributed by atoms with E-state index in [-0.39, 0.29) is 11.9 Å². The third-order valence-corrected chi connectivity index (χ3v) is 5.62. The van der Waals surface area contributed by atoms with Gasteiger partial charge in [0.15, 0.2) is 11.0 Å². The van der Waals surface area contributed by atoms with Crippen molar-refractivity contribution in [2.45, 2.75) is 70.1 Å². The summed E-state index contributed by atoms with van der Waals surface area (Å²) in [5.41, 5.74) is 1.01. The molecule has 2 aromatic rings. The number of thioether (sulfide) groups is 1. The second-order valence-corrected chi connectivity index (χ2v) is 8.67. The van der Waals surface area contributed by atoms with Gasteiger partial charge in [0.05, 0.1) is 5.75 Å². The quantitative estimate of drug-likeness (QED) is 0.622. The molecule has 1 amide bonds. The fraction of sp³-hybridized carbons (Fsp3) is 0.600. The summed E-state index contributed by atoms with van der Waals surface area (Å²) in [4.78, 5) is 16.4. The van der Waals surface area contributed by atoms with E-state index in [0.29, 0.717) is 17.7 Å². The molecule has 1 aliphatic carbocycles. The summed E-state index contributed by atoms with van der Waals surface area (Å²) in [5.74, 6) is 2.01. The van der Waals surface area contributed by atoms with Crippen LogP contribution in [0.25, 0.3) is 11.4 Å². The lowest BCUT2D eigenvalue weighted by atomic mass is 10.0. The van der Waals surface area contributed by atoms with Crippen LogP contribution in [0.2, 0.25) is 0 Å². The van der Waals surface area contributed by atoms with Gasteiger partial charge in [0.25, 0.3) is 0 Å². The van der Waals surface area contributed by atoms with Crippen LogP contribution in [0.3, 0.4) is 0 Å². The molecule has 0 aromatic carbocycles. The van der Waals surface area contributed by atoms with Gasteiger partial charge in [-0.2, -0.15) is 0 Å². The number of carbonyl (C=O) groups is 1. The van der Waals surface area contributed by atoms with Crippen molar-refractivity contribution in [1.29, 1.82) is 0 Å². The van der Waals surface area contributed by atoms with E-state index in [0.717, 1.165) is 42.2 Å². The molecule has 7 heteroatoms. The molecule has 0 spiro atoms. The number of nitrogens with zero attached hydrogens (tertiary/aromatic N) is 4. The van der Waals surface area contributed by atoms with E-state index in [2.05, 4.69) is 45.8 Å². The first kappa shape index (κ1) is 19.9. The van der Waals surface area contributed by atoms with Crippen LogP contribution in [0.4, 0.5) is 0 Å². The number of pyridine rings is 1. The maximum Gasteiger partial charge on any atom is 0.230 e. The molecule has 0 unspecified atom stereocenters. The first-order chi connectivity index (χ1) is 13.0. The lowest BCUT2D eigenvalue weighted by Crippen LogP contribution is -2.33. The minimum absolute atomic E-state index is 0.0628. The normalized spacial score (nSPS) is 15.1. The molecule has 0 aliphatic heterocycles. The van der Waals surface area contributed by atoms with Crippen molar-refractivity contribution in [2.75, 3.05) is 5.75 Å². The predicted octanol–water partition coefficient (Wildman–Crippen LogP) is 4.10. The van der Waals surface area contributed by atoms with Gasteiger partial charge in [-0.25, -0.2) is 0 Å². The van der Waals surface area contributed by atoms with Gasteiger partial charge in [0, 0.05) is 30.0 Å². The molecule has 2 heterocycles. The average molecular weight is 388 g/mol. The van der Waals surface area contributed by atoms with Crippen molar-refractivity contribution < 1.29 is 4.79 Å². The van der Waals surface area contributed by atoms with Crippen molar-refractivity contribution >= 4 is 17.7 Å². The monoisotopic (exact) mass is 387 g/mol. The van der Waals surface area contributed by atoms with E-state index in [1.54, 1.807) is 12.4 Å². The molecule has 0 saturated heterocycles. The molecule has 6 nitrogen and oxygen atoms in total. The second-order valence-electron chi connectivity index (χ2n) is 7.73. The van der Waals surface area contributed by atoms with Gasteiger partial charge in [0.2, 0.25) is 5.91 Å². The number of hydrogen-bond acceptors (Lipinski definition) is 5. The first-order valence-electron chi connectivity index (χ1n) is 9.82. The summed E-state index contributed by atoms with van der Waals surface area (Å²) >= 11 is 1.47. The third-order valence-electron chi connectivity index (χ3n) is 4.67. The summed E-state index contributed by atoms with van der Waals surface area (Å²) in [7, 11) is 0. The highest BCUT2D eigenvalue weighted by molar-refractivity contribution is 7.99. The fourth-order valence-electron chi connectivity index (χ4n) is 3.09. The molecule has 2 aromatic heterocycles. The molecule has 146 valence electrons. The summed E-state index contributed by atoms with van der Waals surface area (Å²) in [6.07, 6.45) is 9.20. The minimum atomic E-state index is 0.0628. The van der Waals surface area contributed by atoms with E-state index in [9.17, 15) is 4.79 Å². The molecule has 1 saturated carbocycles. The van der Waals surface area contributed by atoms with Gasteiger partial charge in [-0.05, 0) is 44.2 Å². The van der Waals surface area contributed by atoms with Crippen molar-refractivity contribution in [3.8, 4) is 11.4 Å². The Hall–Kier alpha value is -1.89.